The number of nitrogens with one attached hydrogen (secondary N) is 2. The standard InChI is InChI=1S/C15H30N2O2/c1-10(2)13(17-12-7-11(3)8-12)9-16-14(18)19-15(4,5)6/h10-13,17H,7-9H2,1-6H3,(H,16,18). The molecular formula is C15H30N2O2. The van der Waals surface area contributed by atoms with Crippen molar-refractivity contribution in [3.8, 4) is 0 Å². The van der Waals surface area contributed by atoms with Gasteiger partial charge in [0.25, 0.3) is 0 Å². The Kier molecular flexibility index (Phi) is 5.65. The molecule has 112 valence electrons. The van der Waals surface area contributed by atoms with Crippen LogP contribution in [-0.2, 0) is 4.74 Å². The van der Waals surface area contributed by atoms with Crippen LogP contribution in [0.5, 0.6) is 0 Å². The van der Waals surface area contributed by atoms with Crippen molar-refractivity contribution in [2.24, 2.45) is 11.8 Å². The lowest BCUT2D eigenvalue weighted by atomic mass is 9.81. The van der Waals surface area contributed by atoms with Gasteiger partial charge in [0, 0.05) is 18.6 Å². The molecule has 0 spiro atoms. The molecule has 1 rings (SSSR count). The van der Waals surface area contributed by atoms with E-state index in [0.717, 1.165) is 5.92 Å². The van der Waals surface area contributed by atoms with Crippen molar-refractivity contribution in [2.45, 2.75) is 72.1 Å². The van der Waals surface area contributed by atoms with Gasteiger partial charge >= 0.3 is 6.09 Å². The number of hydrogen-bond donors (Lipinski definition) is 2. The summed E-state index contributed by atoms with van der Waals surface area (Å²) in [5, 5.41) is 6.49. The number of ether oxygens (including phenoxy) is 1. The van der Waals surface area contributed by atoms with Crippen LogP contribution in [0.2, 0.25) is 0 Å². The zero-order chi connectivity index (χ0) is 14.6. The second-order valence-corrected chi connectivity index (χ2v) is 7.17. The predicted molar refractivity (Wildman–Crippen MR) is 78.2 cm³/mol. The highest BCUT2D eigenvalue weighted by Gasteiger charge is 2.28. The maximum atomic E-state index is 11.6. The van der Waals surface area contributed by atoms with Gasteiger partial charge in [-0.15, -0.1) is 0 Å². The minimum atomic E-state index is -0.436. The van der Waals surface area contributed by atoms with Crippen LogP contribution in [0.15, 0.2) is 0 Å². The van der Waals surface area contributed by atoms with Crippen molar-refractivity contribution in [1.82, 2.24) is 10.6 Å². The predicted octanol–water partition coefficient (Wildman–Crippen LogP) is 2.92. The lowest BCUT2D eigenvalue weighted by Gasteiger charge is -2.38. The molecule has 1 saturated carbocycles. The third-order valence-electron chi connectivity index (χ3n) is 3.49. The first-order valence-electron chi connectivity index (χ1n) is 7.40. The van der Waals surface area contributed by atoms with E-state index in [2.05, 4.69) is 31.4 Å². The first kappa shape index (κ1) is 16.3. The van der Waals surface area contributed by atoms with Crippen LogP contribution in [0.1, 0.15) is 54.4 Å². The first-order valence-corrected chi connectivity index (χ1v) is 7.40. The zero-order valence-electron chi connectivity index (χ0n) is 13.2. The molecule has 4 nitrogen and oxygen atoms in total. The van der Waals surface area contributed by atoms with Crippen molar-refractivity contribution < 1.29 is 9.53 Å². The SMILES string of the molecule is CC1CC(NC(CNC(=O)OC(C)(C)C)C(C)C)C1. The van der Waals surface area contributed by atoms with Crippen LogP contribution in [0.3, 0.4) is 0 Å². The quantitative estimate of drug-likeness (QED) is 0.807. The number of hydrogen-bond acceptors (Lipinski definition) is 3. The van der Waals surface area contributed by atoms with Crippen molar-refractivity contribution in [1.29, 1.82) is 0 Å². The van der Waals surface area contributed by atoms with Gasteiger partial charge in [0.2, 0.25) is 0 Å². The Balaban J connectivity index is 2.31. The maximum Gasteiger partial charge on any atom is 0.407 e. The van der Waals surface area contributed by atoms with Gasteiger partial charge in [-0.05, 0) is 45.4 Å². The Bertz CT molecular complexity index is 291. The largest absolute Gasteiger partial charge is 0.444 e. The second kappa shape index (κ2) is 6.60. The van der Waals surface area contributed by atoms with Gasteiger partial charge < -0.3 is 15.4 Å². The third kappa shape index (κ3) is 6.28. The van der Waals surface area contributed by atoms with Crippen LogP contribution >= 0.6 is 0 Å². The maximum absolute atomic E-state index is 11.6. The minimum absolute atomic E-state index is 0.310. The molecule has 19 heavy (non-hydrogen) atoms. The molecule has 1 aliphatic rings. The molecule has 1 amide bonds. The van der Waals surface area contributed by atoms with Gasteiger partial charge in [-0.3, -0.25) is 0 Å². The average molecular weight is 270 g/mol. The number of amides is 1. The Morgan fingerprint density at radius 2 is 1.89 bits per heavy atom. The summed E-state index contributed by atoms with van der Waals surface area (Å²) in [6, 6.07) is 0.924. The smallest absolute Gasteiger partial charge is 0.407 e. The van der Waals surface area contributed by atoms with Gasteiger partial charge in [-0.1, -0.05) is 20.8 Å². The van der Waals surface area contributed by atoms with E-state index in [1.165, 1.54) is 12.8 Å². The van der Waals surface area contributed by atoms with Gasteiger partial charge in [0.15, 0.2) is 0 Å². The van der Waals surface area contributed by atoms with E-state index in [4.69, 9.17) is 4.74 Å². The number of rotatable bonds is 5. The lowest BCUT2D eigenvalue weighted by molar-refractivity contribution is 0.0515. The molecule has 4 heteroatoms. The molecule has 1 unspecified atom stereocenters. The van der Waals surface area contributed by atoms with Crippen molar-refractivity contribution >= 4 is 6.09 Å². The third-order valence-corrected chi connectivity index (χ3v) is 3.49. The molecule has 0 heterocycles. The topological polar surface area (TPSA) is 50.4 Å². The van der Waals surface area contributed by atoms with E-state index in [9.17, 15) is 4.79 Å². The van der Waals surface area contributed by atoms with Crippen molar-refractivity contribution in [3.63, 3.8) is 0 Å². The highest BCUT2D eigenvalue weighted by Crippen LogP contribution is 2.27. The van der Waals surface area contributed by atoms with E-state index in [1.807, 2.05) is 20.8 Å². The summed E-state index contributed by atoms with van der Waals surface area (Å²) in [6.07, 6.45) is 2.16. The number of carbonyl (C=O) groups is 1. The van der Waals surface area contributed by atoms with Crippen LogP contribution < -0.4 is 10.6 Å². The fraction of sp³-hybridized carbons (Fsp3) is 0.933. The van der Waals surface area contributed by atoms with Crippen molar-refractivity contribution in [2.75, 3.05) is 6.54 Å². The second-order valence-electron chi connectivity index (χ2n) is 7.17. The van der Waals surface area contributed by atoms with Gasteiger partial charge in [0.05, 0.1) is 0 Å². The first-order chi connectivity index (χ1) is 8.67. The normalized spacial score (nSPS) is 24.8. The molecule has 0 saturated heterocycles. The van der Waals surface area contributed by atoms with E-state index in [-0.39, 0.29) is 6.09 Å². The molecule has 0 aromatic rings. The summed E-state index contributed by atoms with van der Waals surface area (Å²) in [4.78, 5) is 11.6. The van der Waals surface area contributed by atoms with Gasteiger partial charge in [0.1, 0.15) is 5.60 Å². The van der Waals surface area contributed by atoms with E-state index in [1.54, 1.807) is 0 Å². The van der Waals surface area contributed by atoms with Crippen LogP contribution in [0.4, 0.5) is 4.79 Å². The highest BCUT2D eigenvalue weighted by atomic mass is 16.6. The molecular weight excluding hydrogens is 240 g/mol. The molecule has 2 N–H and O–H groups in total. The average Bonchev–Trinajstić information content (AvgIpc) is 2.17. The molecule has 0 aliphatic heterocycles. The van der Waals surface area contributed by atoms with E-state index in [0.29, 0.717) is 24.5 Å². The summed E-state index contributed by atoms with van der Waals surface area (Å²) in [7, 11) is 0. The Morgan fingerprint density at radius 1 is 1.32 bits per heavy atom. The zero-order valence-corrected chi connectivity index (χ0v) is 13.2. The monoisotopic (exact) mass is 270 g/mol. The summed E-state index contributed by atoms with van der Waals surface area (Å²) in [6.45, 7) is 12.9. The van der Waals surface area contributed by atoms with Crippen LogP contribution in [0, 0.1) is 11.8 Å². The molecule has 1 atom stereocenters. The molecule has 1 aliphatic carbocycles. The Morgan fingerprint density at radius 3 is 2.32 bits per heavy atom. The summed E-state index contributed by atoms with van der Waals surface area (Å²) in [5.41, 5.74) is -0.436. The fourth-order valence-electron chi connectivity index (χ4n) is 2.34. The number of alkyl carbamates (subject to hydrolysis) is 1. The molecule has 0 bridgehead atoms. The summed E-state index contributed by atoms with van der Waals surface area (Å²) >= 11 is 0. The Hall–Kier alpha value is -0.770. The summed E-state index contributed by atoms with van der Waals surface area (Å²) in [5.74, 6) is 1.33. The molecule has 1 fully saturated rings. The van der Waals surface area contributed by atoms with Crippen molar-refractivity contribution in [3.05, 3.63) is 0 Å². The number of carbonyl (C=O) groups excluding carboxylic acids is 1. The Labute approximate surface area is 117 Å². The lowest BCUT2D eigenvalue weighted by Crippen LogP contribution is -2.52. The van der Waals surface area contributed by atoms with Gasteiger partial charge in [-0.2, -0.15) is 0 Å². The molecule has 0 aromatic carbocycles. The highest BCUT2D eigenvalue weighted by molar-refractivity contribution is 5.67. The molecule has 0 aromatic heterocycles. The summed E-state index contributed by atoms with van der Waals surface area (Å²) < 4.78 is 5.25. The van der Waals surface area contributed by atoms with E-state index < -0.39 is 5.60 Å². The van der Waals surface area contributed by atoms with Crippen LogP contribution in [0.25, 0.3) is 0 Å². The van der Waals surface area contributed by atoms with Crippen LogP contribution in [-0.4, -0.2) is 30.3 Å². The fourth-order valence-corrected chi connectivity index (χ4v) is 2.34. The minimum Gasteiger partial charge on any atom is -0.444 e. The van der Waals surface area contributed by atoms with Gasteiger partial charge in [-0.25, -0.2) is 4.79 Å². The molecule has 0 radical (unpaired) electrons. The van der Waals surface area contributed by atoms with E-state index >= 15 is 0 Å².